The highest BCUT2D eigenvalue weighted by Crippen LogP contribution is 2.11. The molecular formula is C18H26O3. The summed E-state index contributed by atoms with van der Waals surface area (Å²) in [6, 6.07) is 9.67. The van der Waals surface area contributed by atoms with Crippen LogP contribution >= 0.6 is 0 Å². The van der Waals surface area contributed by atoms with Gasteiger partial charge < -0.3 is 9.47 Å². The molecule has 0 aliphatic heterocycles. The maximum atomic E-state index is 12.1. The van der Waals surface area contributed by atoms with Crippen molar-refractivity contribution in [2.75, 3.05) is 13.2 Å². The van der Waals surface area contributed by atoms with Crippen LogP contribution in [0, 0.1) is 0 Å². The third-order valence-corrected chi connectivity index (χ3v) is 2.99. The van der Waals surface area contributed by atoms with Crippen LogP contribution in [0.3, 0.4) is 0 Å². The average molecular weight is 290 g/mol. The monoisotopic (exact) mass is 290 g/mol. The summed E-state index contributed by atoms with van der Waals surface area (Å²) in [6.45, 7) is 5.14. The van der Waals surface area contributed by atoms with E-state index in [9.17, 15) is 4.79 Å². The first kappa shape index (κ1) is 17.3. The highest BCUT2D eigenvalue weighted by molar-refractivity contribution is 5.91. The third kappa shape index (κ3) is 7.54. The van der Waals surface area contributed by atoms with Gasteiger partial charge in [0, 0.05) is 0 Å². The molecule has 1 rings (SSSR count). The van der Waals surface area contributed by atoms with Gasteiger partial charge in [0.1, 0.15) is 0 Å². The fourth-order valence-corrected chi connectivity index (χ4v) is 1.84. The summed E-state index contributed by atoms with van der Waals surface area (Å²) in [5.41, 5.74) is 0.937. The maximum Gasteiger partial charge on any atom is 0.373 e. The van der Waals surface area contributed by atoms with Crippen LogP contribution in [0.2, 0.25) is 0 Å². The van der Waals surface area contributed by atoms with Crippen LogP contribution in [-0.2, 0) is 14.3 Å². The molecule has 0 saturated heterocycles. The van der Waals surface area contributed by atoms with Gasteiger partial charge >= 0.3 is 5.97 Å². The lowest BCUT2D eigenvalue weighted by Gasteiger charge is -2.10. The molecule has 0 atom stereocenters. The van der Waals surface area contributed by atoms with Crippen molar-refractivity contribution in [3.8, 4) is 0 Å². The highest BCUT2D eigenvalue weighted by Gasteiger charge is 2.12. The van der Waals surface area contributed by atoms with E-state index in [1.165, 1.54) is 12.8 Å². The zero-order chi connectivity index (χ0) is 15.3. The first-order chi connectivity index (χ1) is 10.3. The Morgan fingerprint density at radius 1 is 0.952 bits per heavy atom. The lowest BCUT2D eigenvalue weighted by atomic mass is 10.2. The smallest absolute Gasteiger partial charge is 0.373 e. The van der Waals surface area contributed by atoms with Crippen molar-refractivity contribution in [3.05, 3.63) is 41.7 Å². The maximum absolute atomic E-state index is 12.1. The SMILES string of the molecule is CCCCCCOC(=O)C(=Cc1ccccc1)OCCC. The molecule has 1 aromatic carbocycles. The molecule has 0 saturated carbocycles. The highest BCUT2D eigenvalue weighted by atomic mass is 16.6. The zero-order valence-corrected chi connectivity index (χ0v) is 13.1. The Morgan fingerprint density at radius 3 is 2.38 bits per heavy atom. The van der Waals surface area contributed by atoms with Gasteiger partial charge in [-0.05, 0) is 24.5 Å². The van der Waals surface area contributed by atoms with Crippen LogP contribution in [0.15, 0.2) is 36.1 Å². The number of unbranched alkanes of at least 4 members (excludes halogenated alkanes) is 3. The molecule has 0 unspecified atom stereocenters. The Balaban J connectivity index is 2.56. The number of carbonyl (C=O) groups excluding carboxylic acids is 1. The zero-order valence-electron chi connectivity index (χ0n) is 13.1. The summed E-state index contributed by atoms with van der Waals surface area (Å²) in [7, 11) is 0. The number of benzene rings is 1. The molecule has 0 fully saturated rings. The van der Waals surface area contributed by atoms with Gasteiger partial charge in [-0.25, -0.2) is 4.79 Å². The average Bonchev–Trinajstić information content (AvgIpc) is 2.52. The largest absolute Gasteiger partial charge is 0.487 e. The molecule has 0 radical (unpaired) electrons. The number of hydrogen-bond acceptors (Lipinski definition) is 3. The van der Waals surface area contributed by atoms with Crippen LogP contribution in [-0.4, -0.2) is 19.2 Å². The van der Waals surface area contributed by atoms with Gasteiger partial charge in [-0.3, -0.25) is 0 Å². The summed E-state index contributed by atoms with van der Waals surface area (Å²) in [4.78, 5) is 12.1. The molecule has 0 heterocycles. The molecular weight excluding hydrogens is 264 g/mol. The summed E-state index contributed by atoms with van der Waals surface area (Å²) >= 11 is 0. The van der Waals surface area contributed by atoms with Gasteiger partial charge in [0.2, 0.25) is 5.76 Å². The summed E-state index contributed by atoms with van der Waals surface area (Å²) in [5, 5.41) is 0. The number of carbonyl (C=O) groups is 1. The van der Waals surface area contributed by atoms with E-state index in [0.717, 1.165) is 24.8 Å². The molecule has 0 aliphatic rings. The Hall–Kier alpha value is -1.77. The van der Waals surface area contributed by atoms with E-state index in [2.05, 4.69) is 6.92 Å². The van der Waals surface area contributed by atoms with E-state index >= 15 is 0 Å². The predicted octanol–water partition coefficient (Wildman–Crippen LogP) is 4.58. The van der Waals surface area contributed by atoms with Crippen LogP contribution in [0.1, 0.15) is 51.5 Å². The second-order valence-electron chi connectivity index (χ2n) is 4.96. The Morgan fingerprint density at radius 2 is 1.71 bits per heavy atom. The van der Waals surface area contributed by atoms with Crippen molar-refractivity contribution < 1.29 is 14.3 Å². The van der Waals surface area contributed by atoms with Crippen LogP contribution in [0.5, 0.6) is 0 Å². The molecule has 21 heavy (non-hydrogen) atoms. The van der Waals surface area contributed by atoms with Gasteiger partial charge in [-0.2, -0.15) is 0 Å². The molecule has 0 aliphatic carbocycles. The van der Waals surface area contributed by atoms with Gasteiger partial charge in [-0.1, -0.05) is 63.4 Å². The standard InChI is InChI=1S/C18H26O3/c1-3-5-6-10-14-21-18(19)17(20-13-4-2)15-16-11-8-7-9-12-16/h7-9,11-12,15H,3-6,10,13-14H2,1-2H3. The molecule has 0 aromatic heterocycles. The Labute approximate surface area is 128 Å². The van der Waals surface area contributed by atoms with E-state index in [4.69, 9.17) is 9.47 Å². The van der Waals surface area contributed by atoms with E-state index in [0.29, 0.717) is 19.0 Å². The van der Waals surface area contributed by atoms with Gasteiger partial charge in [0.15, 0.2) is 0 Å². The predicted molar refractivity (Wildman–Crippen MR) is 85.8 cm³/mol. The molecule has 3 heteroatoms. The van der Waals surface area contributed by atoms with Crippen molar-refractivity contribution in [2.24, 2.45) is 0 Å². The fourth-order valence-electron chi connectivity index (χ4n) is 1.84. The van der Waals surface area contributed by atoms with Crippen molar-refractivity contribution in [2.45, 2.75) is 46.0 Å². The van der Waals surface area contributed by atoms with Crippen molar-refractivity contribution >= 4 is 12.0 Å². The van der Waals surface area contributed by atoms with E-state index in [1.807, 2.05) is 37.3 Å². The quantitative estimate of drug-likeness (QED) is 0.274. The van der Waals surface area contributed by atoms with Crippen molar-refractivity contribution in [1.29, 1.82) is 0 Å². The number of ether oxygens (including phenoxy) is 2. The minimum Gasteiger partial charge on any atom is -0.487 e. The molecule has 0 N–H and O–H groups in total. The first-order valence-electron chi connectivity index (χ1n) is 7.84. The minimum atomic E-state index is -0.371. The Kier molecular flexibility index (Phi) is 9.01. The lowest BCUT2D eigenvalue weighted by molar-refractivity contribution is -0.143. The van der Waals surface area contributed by atoms with E-state index < -0.39 is 0 Å². The molecule has 3 nitrogen and oxygen atoms in total. The van der Waals surface area contributed by atoms with E-state index in [1.54, 1.807) is 6.08 Å². The normalized spacial score (nSPS) is 11.2. The van der Waals surface area contributed by atoms with Crippen molar-refractivity contribution in [3.63, 3.8) is 0 Å². The molecule has 1 aromatic rings. The number of hydrogen-bond donors (Lipinski definition) is 0. The van der Waals surface area contributed by atoms with Gasteiger partial charge in [0.05, 0.1) is 13.2 Å². The molecule has 0 spiro atoms. The fraction of sp³-hybridized carbons (Fsp3) is 0.500. The van der Waals surface area contributed by atoms with Crippen LogP contribution in [0.25, 0.3) is 6.08 Å². The van der Waals surface area contributed by atoms with E-state index in [-0.39, 0.29) is 5.97 Å². The number of rotatable bonds is 10. The third-order valence-electron chi connectivity index (χ3n) is 2.99. The second kappa shape index (κ2) is 11.0. The van der Waals surface area contributed by atoms with Gasteiger partial charge in [0.25, 0.3) is 0 Å². The summed E-state index contributed by atoms with van der Waals surface area (Å²) in [5.74, 6) is -0.0812. The molecule has 116 valence electrons. The van der Waals surface area contributed by atoms with Crippen LogP contribution in [0.4, 0.5) is 0 Å². The van der Waals surface area contributed by atoms with Crippen LogP contribution < -0.4 is 0 Å². The first-order valence-corrected chi connectivity index (χ1v) is 7.84. The summed E-state index contributed by atoms with van der Waals surface area (Å²) in [6.07, 6.45) is 6.95. The summed E-state index contributed by atoms with van der Waals surface area (Å²) < 4.78 is 10.8. The number of esters is 1. The lowest BCUT2D eigenvalue weighted by Crippen LogP contribution is -2.12. The molecule has 0 amide bonds. The second-order valence-corrected chi connectivity index (χ2v) is 4.96. The van der Waals surface area contributed by atoms with Gasteiger partial charge in [-0.15, -0.1) is 0 Å². The Bertz CT molecular complexity index is 423. The molecule has 0 bridgehead atoms. The topological polar surface area (TPSA) is 35.5 Å². The minimum absolute atomic E-state index is 0.290. The van der Waals surface area contributed by atoms with Crippen molar-refractivity contribution in [1.82, 2.24) is 0 Å².